The molecular formula is C80H138NO8+. The Morgan fingerprint density at radius 3 is 0.955 bits per heavy atom. The van der Waals surface area contributed by atoms with Crippen molar-refractivity contribution < 1.29 is 42.9 Å². The number of quaternary nitrogens is 1. The molecule has 0 bridgehead atoms. The number of nitrogens with zero attached hydrogens (tertiary/aromatic N) is 1. The third-order valence-electron chi connectivity index (χ3n) is 15.7. The Kier molecular flexibility index (Phi) is 66.2. The van der Waals surface area contributed by atoms with Gasteiger partial charge in [-0.2, -0.15) is 0 Å². The van der Waals surface area contributed by atoms with E-state index in [-0.39, 0.29) is 32.2 Å². The van der Waals surface area contributed by atoms with Crippen LogP contribution >= 0.6 is 0 Å². The predicted molar refractivity (Wildman–Crippen MR) is 382 cm³/mol. The van der Waals surface area contributed by atoms with Crippen LogP contribution in [-0.2, 0) is 33.3 Å². The standard InChI is InChI=1S/C80H137NO8/c1-6-8-10-12-14-16-18-20-22-24-26-28-30-32-34-36-38-39-41-43-45-47-49-51-53-55-57-59-61-63-65-67-69-71-78(83)89-76(75-88-80(79(84)85)86-73-72-81(3,4)5)74-87-77(82)70-68-66-64-62-60-58-56-54-52-50-48-46-44-42-40-37-35-33-31-29-27-25-23-21-19-17-15-13-11-9-7-2/h8,10,14,16,19-22,25-28,31-34,38-39,43,45,76,80H,6-7,9,11-13,15,17-18,23-24,29-30,35-37,40-42,44,46-75H2,1-5H3/p+1/b10-8-,16-14-,21-19-,22-20-,27-25-,28-26-,33-31-,34-32-,39-38-,45-43-. The Morgan fingerprint density at radius 1 is 0.348 bits per heavy atom. The van der Waals surface area contributed by atoms with Crippen molar-refractivity contribution in [3.05, 3.63) is 122 Å². The Morgan fingerprint density at radius 2 is 0.640 bits per heavy atom. The van der Waals surface area contributed by atoms with Crippen LogP contribution in [0.1, 0.15) is 309 Å². The largest absolute Gasteiger partial charge is 0.477 e. The highest BCUT2D eigenvalue weighted by atomic mass is 16.7. The number of esters is 2. The number of carbonyl (C=O) groups excluding carboxylic acids is 2. The maximum absolute atomic E-state index is 13.0. The average Bonchev–Trinajstić information content (AvgIpc) is 3.64. The number of carboxylic acid groups (broad SMARTS) is 1. The zero-order chi connectivity index (χ0) is 64.7. The first-order chi connectivity index (χ1) is 43.6. The van der Waals surface area contributed by atoms with Gasteiger partial charge >= 0.3 is 17.9 Å². The van der Waals surface area contributed by atoms with Gasteiger partial charge < -0.3 is 28.5 Å². The third kappa shape index (κ3) is 71.0. The zero-order valence-corrected chi connectivity index (χ0v) is 58.3. The summed E-state index contributed by atoms with van der Waals surface area (Å²) in [5.74, 6) is -2.01. The zero-order valence-electron chi connectivity index (χ0n) is 58.3. The van der Waals surface area contributed by atoms with E-state index in [1.165, 1.54) is 173 Å². The first kappa shape index (κ1) is 84.7. The van der Waals surface area contributed by atoms with Crippen LogP contribution in [-0.4, -0.2) is 87.4 Å². The first-order valence-electron chi connectivity index (χ1n) is 36.7. The number of ether oxygens (including phenoxy) is 4. The van der Waals surface area contributed by atoms with Gasteiger partial charge in [0.05, 0.1) is 34.4 Å². The lowest BCUT2D eigenvalue weighted by Crippen LogP contribution is -2.40. The van der Waals surface area contributed by atoms with Gasteiger partial charge in [-0.05, 0) is 109 Å². The number of hydrogen-bond donors (Lipinski definition) is 1. The molecule has 0 spiro atoms. The highest BCUT2D eigenvalue weighted by Crippen LogP contribution is 2.17. The molecule has 0 amide bonds. The lowest BCUT2D eigenvalue weighted by atomic mass is 10.0. The van der Waals surface area contributed by atoms with E-state index in [0.29, 0.717) is 23.9 Å². The second-order valence-electron chi connectivity index (χ2n) is 25.5. The number of allylic oxidation sites excluding steroid dienone is 20. The van der Waals surface area contributed by atoms with Gasteiger partial charge in [0.2, 0.25) is 0 Å². The molecule has 0 fully saturated rings. The molecule has 510 valence electrons. The number of hydrogen-bond acceptors (Lipinski definition) is 7. The molecule has 0 saturated carbocycles. The van der Waals surface area contributed by atoms with Crippen LogP contribution in [0, 0.1) is 0 Å². The summed E-state index contributed by atoms with van der Waals surface area (Å²) in [5.41, 5.74) is 0. The van der Waals surface area contributed by atoms with Crippen molar-refractivity contribution in [2.75, 3.05) is 47.5 Å². The molecule has 0 aliphatic carbocycles. The lowest BCUT2D eigenvalue weighted by molar-refractivity contribution is -0.870. The molecule has 2 atom stereocenters. The second-order valence-corrected chi connectivity index (χ2v) is 25.5. The predicted octanol–water partition coefficient (Wildman–Crippen LogP) is 23.1. The Balaban J connectivity index is 4.12. The molecule has 0 radical (unpaired) electrons. The quantitative estimate of drug-likeness (QED) is 0.0211. The number of carboxylic acids is 1. The molecule has 9 heteroatoms. The number of unbranched alkanes of at least 4 members (excludes halogenated alkanes) is 32. The third-order valence-corrected chi connectivity index (χ3v) is 15.7. The van der Waals surface area contributed by atoms with Crippen molar-refractivity contribution in [1.29, 1.82) is 0 Å². The smallest absolute Gasteiger partial charge is 0.361 e. The Hall–Kier alpha value is -4.31. The van der Waals surface area contributed by atoms with Gasteiger partial charge in [-0.15, -0.1) is 0 Å². The second kappa shape index (κ2) is 69.6. The topological polar surface area (TPSA) is 108 Å². The van der Waals surface area contributed by atoms with E-state index in [4.69, 9.17) is 18.9 Å². The maximum Gasteiger partial charge on any atom is 0.361 e. The first-order valence-corrected chi connectivity index (χ1v) is 36.7. The van der Waals surface area contributed by atoms with Crippen molar-refractivity contribution in [1.82, 2.24) is 0 Å². The molecule has 0 aromatic heterocycles. The number of carbonyl (C=O) groups is 3. The molecule has 1 N–H and O–H groups in total. The molecule has 0 aromatic carbocycles. The summed E-state index contributed by atoms with van der Waals surface area (Å²) in [6.07, 6.45) is 96.0. The molecular weight excluding hydrogens is 1100 g/mol. The lowest BCUT2D eigenvalue weighted by Gasteiger charge is -2.25. The van der Waals surface area contributed by atoms with Crippen molar-refractivity contribution in [2.24, 2.45) is 0 Å². The van der Waals surface area contributed by atoms with Gasteiger partial charge in [-0.25, -0.2) is 4.79 Å². The van der Waals surface area contributed by atoms with Crippen molar-refractivity contribution in [3.63, 3.8) is 0 Å². The van der Waals surface area contributed by atoms with Gasteiger partial charge in [0.25, 0.3) is 6.29 Å². The molecule has 89 heavy (non-hydrogen) atoms. The van der Waals surface area contributed by atoms with Crippen LogP contribution in [0.2, 0.25) is 0 Å². The van der Waals surface area contributed by atoms with Crippen molar-refractivity contribution >= 4 is 17.9 Å². The summed E-state index contributed by atoms with van der Waals surface area (Å²) in [7, 11) is 5.98. The fourth-order valence-corrected chi connectivity index (χ4v) is 10.1. The van der Waals surface area contributed by atoms with Gasteiger partial charge in [0.15, 0.2) is 6.10 Å². The molecule has 0 saturated heterocycles. The minimum atomic E-state index is -1.52. The van der Waals surface area contributed by atoms with E-state index < -0.39 is 24.3 Å². The highest BCUT2D eigenvalue weighted by molar-refractivity contribution is 5.71. The Labute approximate surface area is 548 Å². The normalized spacial score (nSPS) is 13.4. The van der Waals surface area contributed by atoms with E-state index in [1.807, 2.05) is 21.1 Å². The van der Waals surface area contributed by atoms with Crippen molar-refractivity contribution in [2.45, 2.75) is 322 Å². The minimum Gasteiger partial charge on any atom is -0.477 e. The van der Waals surface area contributed by atoms with Crippen LogP contribution in [0.15, 0.2) is 122 Å². The van der Waals surface area contributed by atoms with Crippen LogP contribution in [0.4, 0.5) is 0 Å². The van der Waals surface area contributed by atoms with E-state index in [0.717, 1.165) is 103 Å². The highest BCUT2D eigenvalue weighted by Gasteiger charge is 2.25. The number of likely N-dealkylation sites (N-methyl/N-ethyl adjacent to an activating group) is 1. The molecule has 0 rings (SSSR count). The van der Waals surface area contributed by atoms with Gasteiger partial charge in [0, 0.05) is 12.8 Å². The average molecular weight is 1240 g/mol. The summed E-state index contributed by atoms with van der Waals surface area (Å²) in [6, 6.07) is 0. The van der Waals surface area contributed by atoms with Crippen LogP contribution in [0.5, 0.6) is 0 Å². The minimum absolute atomic E-state index is 0.183. The fourth-order valence-electron chi connectivity index (χ4n) is 10.1. The molecule has 9 nitrogen and oxygen atoms in total. The SMILES string of the molecule is CC/C=C\C/C=C\C/C=C\C/C=C\C/C=C\C/C=C\C/C=C\CCCCCCCCCCCCCC(=O)OC(COC(=O)CCCCCCCCCCCCCCCCCC/C=C\C/C=C\C/C=C\CCCCCCC)COC(OCC[N+](C)(C)C)C(=O)O. The molecule has 0 aliphatic heterocycles. The summed E-state index contributed by atoms with van der Waals surface area (Å²) in [6.45, 7) is 4.77. The monoisotopic (exact) mass is 1240 g/mol. The summed E-state index contributed by atoms with van der Waals surface area (Å²) >= 11 is 0. The van der Waals surface area contributed by atoms with Gasteiger partial charge in [0.1, 0.15) is 13.2 Å². The van der Waals surface area contributed by atoms with E-state index >= 15 is 0 Å². The van der Waals surface area contributed by atoms with Crippen molar-refractivity contribution in [3.8, 4) is 0 Å². The van der Waals surface area contributed by atoms with E-state index in [1.54, 1.807) is 0 Å². The number of aliphatic carboxylic acids is 1. The summed E-state index contributed by atoms with van der Waals surface area (Å²) in [4.78, 5) is 37.7. The van der Waals surface area contributed by atoms with Crippen LogP contribution in [0.25, 0.3) is 0 Å². The number of rotatable bonds is 67. The molecule has 2 unspecified atom stereocenters. The fraction of sp³-hybridized carbons (Fsp3) is 0.713. The van der Waals surface area contributed by atoms with E-state index in [2.05, 4.69) is 135 Å². The van der Waals surface area contributed by atoms with Crippen LogP contribution in [0.3, 0.4) is 0 Å². The molecule has 0 aliphatic rings. The Bertz CT molecular complexity index is 1880. The van der Waals surface area contributed by atoms with Crippen LogP contribution < -0.4 is 0 Å². The summed E-state index contributed by atoms with van der Waals surface area (Å²) < 4.78 is 23.0. The molecule has 0 heterocycles. The summed E-state index contributed by atoms with van der Waals surface area (Å²) in [5, 5.41) is 9.76. The van der Waals surface area contributed by atoms with E-state index in [9.17, 15) is 19.5 Å². The van der Waals surface area contributed by atoms with Gasteiger partial charge in [-0.3, -0.25) is 9.59 Å². The van der Waals surface area contributed by atoms with Gasteiger partial charge in [-0.1, -0.05) is 309 Å². The maximum atomic E-state index is 13.0. The molecule has 0 aromatic rings.